The summed E-state index contributed by atoms with van der Waals surface area (Å²) in [6, 6.07) is 8.07. The molecule has 0 spiro atoms. The number of pyridine rings is 1. The van der Waals surface area contributed by atoms with Crippen molar-refractivity contribution in [3.05, 3.63) is 35.5 Å². The van der Waals surface area contributed by atoms with Crippen LogP contribution in [0, 0.1) is 6.92 Å². The predicted molar refractivity (Wildman–Crippen MR) is 76.0 cm³/mol. The quantitative estimate of drug-likeness (QED) is 0.791. The van der Waals surface area contributed by atoms with Gasteiger partial charge in [0, 0.05) is 11.1 Å². The Morgan fingerprint density at radius 3 is 2.61 bits per heavy atom. The first-order chi connectivity index (χ1) is 8.72. The Morgan fingerprint density at radius 2 is 1.83 bits per heavy atom. The number of hydrogen-bond donors (Lipinski definition) is 1. The maximum absolute atomic E-state index is 10.3. The van der Waals surface area contributed by atoms with Gasteiger partial charge in [-0.1, -0.05) is 44.4 Å². The number of aromatic nitrogens is 1. The largest absolute Gasteiger partial charge is 0.505 e. The molecule has 0 bridgehead atoms. The van der Waals surface area contributed by atoms with E-state index in [0.717, 1.165) is 35.0 Å². The second-order valence-corrected chi connectivity index (χ2v) is 4.91. The summed E-state index contributed by atoms with van der Waals surface area (Å²) >= 11 is 0. The Labute approximate surface area is 109 Å². The van der Waals surface area contributed by atoms with Gasteiger partial charge >= 0.3 is 0 Å². The normalized spacial score (nSPS) is 11.0. The van der Waals surface area contributed by atoms with Crippen LogP contribution >= 0.6 is 0 Å². The molecule has 0 radical (unpaired) electrons. The Bertz CT molecular complexity index is 534. The van der Waals surface area contributed by atoms with Crippen molar-refractivity contribution in [3.8, 4) is 5.75 Å². The van der Waals surface area contributed by atoms with Crippen molar-refractivity contribution in [2.45, 2.75) is 46.0 Å². The average Bonchev–Trinajstić information content (AvgIpc) is 2.38. The van der Waals surface area contributed by atoms with Gasteiger partial charge < -0.3 is 5.11 Å². The smallest absolute Gasteiger partial charge is 0.144 e. The van der Waals surface area contributed by atoms with Crippen LogP contribution in [0.5, 0.6) is 5.75 Å². The zero-order chi connectivity index (χ0) is 13.0. The second-order valence-electron chi connectivity index (χ2n) is 4.91. The fraction of sp³-hybridized carbons (Fsp3) is 0.438. The maximum atomic E-state index is 10.3. The summed E-state index contributed by atoms with van der Waals surface area (Å²) < 4.78 is 0. The van der Waals surface area contributed by atoms with Gasteiger partial charge in [-0.2, -0.15) is 0 Å². The van der Waals surface area contributed by atoms with E-state index in [1.807, 2.05) is 25.1 Å². The average molecular weight is 243 g/mol. The van der Waals surface area contributed by atoms with Gasteiger partial charge in [-0.25, -0.2) is 4.98 Å². The van der Waals surface area contributed by atoms with Crippen LogP contribution in [-0.4, -0.2) is 10.1 Å². The number of rotatable bonds is 5. The molecule has 2 heteroatoms. The van der Waals surface area contributed by atoms with E-state index >= 15 is 0 Å². The lowest BCUT2D eigenvalue weighted by Gasteiger charge is -2.08. The van der Waals surface area contributed by atoms with E-state index in [2.05, 4.69) is 18.0 Å². The van der Waals surface area contributed by atoms with E-state index in [1.54, 1.807) is 0 Å². The SMILES string of the molecule is CCCCCCc1ccc2ccc(C)nc2c1O. The molecule has 1 N–H and O–H groups in total. The molecule has 0 saturated heterocycles. The van der Waals surface area contributed by atoms with E-state index in [0.29, 0.717) is 5.75 Å². The van der Waals surface area contributed by atoms with E-state index in [9.17, 15) is 5.11 Å². The first kappa shape index (κ1) is 12.9. The van der Waals surface area contributed by atoms with E-state index in [1.165, 1.54) is 19.3 Å². The molecule has 2 aromatic rings. The molecule has 2 rings (SSSR count). The van der Waals surface area contributed by atoms with E-state index in [-0.39, 0.29) is 0 Å². The summed E-state index contributed by atoms with van der Waals surface area (Å²) in [6.07, 6.45) is 5.82. The zero-order valence-corrected chi connectivity index (χ0v) is 11.2. The van der Waals surface area contributed by atoms with Gasteiger partial charge in [-0.15, -0.1) is 0 Å². The highest BCUT2D eigenvalue weighted by Crippen LogP contribution is 2.28. The molecule has 1 aromatic heterocycles. The number of fused-ring (bicyclic) bond motifs is 1. The molecule has 0 atom stereocenters. The van der Waals surface area contributed by atoms with Crippen molar-refractivity contribution in [1.82, 2.24) is 4.98 Å². The fourth-order valence-electron chi connectivity index (χ4n) is 2.26. The Hall–Kier alpha value is -1.57. The summed E-state index contributed by atoms with van der Waals surface area (Å²) in [5, 5.41) is 11.3. The van der Waals surface area contributed by atoms with Gasteiger partial charge in [0.25, 0.3) is 0 Å². The van der Waals surface area contributed by atoms with Crippen LogP contribution in [0.2, 0.25) is 0 Å². The van der Waals surface area contributed by atoms with Crippen molar-refractivity contribution in [2.75, 3.05) is 0 Å². The Kier molecular flexibility index (Phi) is 4.19. The van der Waals surface area contributed by atoms with Crippen molar-refractivity contribution < 1.29 is 5.11 Å². The summed E-state index contributed by atoms with van der Waals surface area (Å²) in [7, 11) is 0. The summed E-state index contributed by atoms with van der Waals surface area (Å²) in [4.78, 5) is 4.43. The molecule has 2 nitrogen and oxygen atoms in total. The van der Waals surface area contributed by atoms with Crippen molar-refractivity contribution in [2.24, 2.45) is 0 Å². The van der Waals surface area contributed by atoms with Crippen LogP contribution < -0.4 is 0 Å². The van der Waals surface area contributed by atoms with Crippen LogP contribution in [0.4, 0.5) is 0 Å². The van der Waals surface area contributed by atoms with Gasteiger partial charge in [-0.3, -0.25) is 0 Å². The fourth-order valence-corrected chi connectivity index (χ4v) is 2.26. The Balaban J connectivity index is 2.21. The van der Waals surface area contributed by atoms with Crippen LogP contribution in [0.25, 0.3) is 10.9 Å². The number of phenols is 1. The van der Waals surface area contributed by atoms with E-state index < -0.39 is 0 Å². The number of hydrogen-bond acceptors (Lipinski definition) is 2. The lowest BCUT2D eigenvalue weighted by molar-refractivity contribution is 0.471. The van der Waals surface area contributed by atoms with Crippen molar-refractivity contribution in [1.29, 1.82) is 0 Å². The molecule has 0 fully saturated rings. The number of aryl methyl sites for hydroxylation is 2. The van der Waals surface area contributed by atoms with Crippen LogP contribution in [-0.2, 0) is 6.42 Å². The molecular formula is C16H21NO. The third-order valence-corrected chi connectivity index (χ3v) is 3.36. The molecule has 96 valence electrons. The molecule has 0 aliphatic carbocycles. The van der Waals surface area contributed by atoms with Gasteiger partial charge in [0.2, 0.25) is 0 Å². The molecule has 0 unspecified atom stereocenters. The number of phenolic OH excluding ortho intramolecular Hbond substituents is 1. The molecule has 0 saturated carbocycles. The third-order valence-electron chi connectivity index (χ3n) is 3.36. The molecule has 0 amide bonds. The third kappa shape index (κ3) is 2.81. The van der Waals surface area contributed by atoms with Crippen LogP contribution in [0.15, 0.2) is 24.3 Å². The molecule has 0 aliphatic rings. The Morgan fingerprint density at radius 1 is 1.06 bits per heavy atom. The number of nitrogens with zero attached hydrogens (tertiary/aromatic N) is 1. The molecule has 1 heterocycles. The van der Waals surface area contributed by atoms with Crippen molar-refractivity contribution in [3.63, 3.8) is 0 Å². The van der Waals surface area contributed by atoms with Crippen LogP contribution in [0.3, 0.4) is 0 Å². The molecule has 18 heavy (non-hydrogen) atoms. The highest BCUT2D eigenvalue weighted by atomic mass is 16.3. The summed E-state index contributed by atoms with van der Waals surface area (Å²) in [5.41, 5.74) is 2.71. The minimum absolute atomic E-state index is 0.368. The number of unbranched alkanes of at least 4 members (excludes halogenated alkanes) is 3. The minimum Gasteiger partial charge on any atom is -0.505 e. The lowest BCUT2D eigenvalue weighted by atomic mass is 10.0. The molecule has 0 aliphatic heterocycles. The van der Waals surface area contributed by atoms with Gasteiger partial charge in [0.15, 0.2) is 0 Å². The first-order valence-electron chi connectivity index (χ1n) is 6.80. The highest BCUT2D eigenvalue weighted by Gasteiger charge is 2.07. The predicted octanol–water partition coefficient (Wildman–Crippen LogP) is 4.37. The van der Waals surface area contributed by atoms with Gasteiger partial charge in [0.1, 0.15) is 11.3 Å². The summed E-state index contributed by atoms with van der Waals surface area (Å²) in [6.45, 7) is 4.16. The van der Waals surface area contributed by atoms with Gasteiger partial charge in [0.05, 0.1) is 0 Å². The van der Waals surface area contributed by atoms with Crippen LogP contribution in [0.1, 0.15) is 43.9 Å². The topological polar surface area (TPSA) is 33.1 Å². The van der Waals surface area contributed by atoms with Crippen molar-refractivity contribution >= 4 is 10.9 Å². The molecular weight excluding hydrogens is 222 g/mol. The molecule has 1 aromatic carbocycles. The monoisotopic (exact) mass is 243 g/mol. The number of aromatic hydroxyl groups is 1. The summed E-state index contributed by atoms with van der Waals surface area (Å²) in [5.74, 6) is 0.368. The maximum Gasteiger partial charge on any atom is 0.144 e. The first-order valence-corrected chi connectivity index (χ1v) is 6.80. The standard InChI is InChI=1S/C16H21NO/c1-3-4-5-6-7-14-11-10-13-9-8-12(2)17-15(13)16(14)18/h8-11,18H,3-7H2,1-2H3. The minimum atomic E-state index is 0.368. The second kappa shape index (κ2) is 5.85. The lowest BCUT2D eigenvalue weighted by Crippen LogP contribution is -1.90. The van der Waals surface area contributed by atoms with Gasteiger partial charge in [-0.05, 0) is 31.4 Å². The number of benzene rings is 1. The zero-order valence-electron chi connectivity index (χ0n) is 11.2. The highest BCUT2D eigenvalue weighted by molar-refractivity contribution is 5.85. The van der Waals surface area contributed by atoms with E-state index in [4.69, 9.17) is 0 Å².